The van der Waals surface area contributed by atoms with Gasteiger partial charge in [0.05, 0.1) is 19.3 Å². The van der Waals surface area contributed by atoms with Crippen molar-refractivity contribution in [1.82, 2.24) is 15.2 Å². The zero-order valence-corrected chi connectivity index (χ0v) is 20.5. The summed E-state index contributed by atoms with van der Waals surface area (Å²) in [7, 11) is 1.66. The number of carbonyl (C=O) groups is 1. The number of carbonyl (C=O) groups excluding carboxylic acids is 1. The molecule has 1 saturated heterocycles. The minimum atomic E-state index is -0.0930. The quantitative estimate of drug-likeness (QED) is 0.445. The standard InChI is InChI=1S/C27H34N4O4/c1-3-34-24-15-19(9-10-23(24)33-2)17-31-13-11-20(12-14-31)29-27-30-22-6-4-5-21(25(22)35-27)26(32)28-16-18-7-8-18/h4-6,9-10,15,18,20H,3,7-8,11-14,16-17H2,1-2H3,(H,28,32)(H,29,30). The zero-order chi connectivity index (χ0) is 24.2. The molecule has 8 heteroatoms. The van der Waals surface area contributed by atoms with E-state index in [0.29, 0.717) is 35.2 Å². The first kappa shape index (κ1) is 23.5. The minimum Gasteiger partial charge on any atom is -0.493 e. The van der Waals surface area contributed by atoms with E-state index in [2.05, 4.69) is 32.7 Å². The summed E-state index contributed by atoms with van der Waals surface area (Å²) in [5.41, 5.74) is 3.01. The van der Waals surface area contributed by atoms with Gasteiger partial charge >= 0.3 is 0 Å². The van der Waals surface area contributed by atoms with Crippen LogP contribution in [0.4, 0.5) is 6.01 Å². The molecular weight excluding hydrogens is 444 g/mol. The lowest BCUT2D eigenvalue weighted by atomic mass is 10.0. The molecule has 2 aromatic carbocycles. The Balaban J connectivity index is 1.17. The number of para-hydroxylation sites is 1. The molecule has 186 valence electrons. The Morgan fingerprint density at radius 3 is 2.71 bits per heavy atom. The molecule has 2 fully saturated rings. The summed E-state index contributed by atoms with van der Waals surface area (Å²) in [6.07, 6.45) is 4.38. The van der Waals surface area contributed by atoms with Crippen molar-refractivity contribution in [3.63, 3.8) is 0 Å². The predicted octanol–water partition coefficient (Wildman–Crippen LogP) is 4.45. The molecule has 0 spiro atoms. The second-order valence-corrected chi connectivity index (χ2v) is 9.44. The van der Waals surface area contributed by atoms with Crippen molar-refractivity contribution in [1.29, 1.82) is 0 Å². The van der Waals surface area contributed by atoms with Crippen LogP contribution in [0, 0.1) is 5.92 Å². The van der Waals surface area contributed by atoms with Crippen LogP contribution in [0.15, 0.2) is 40.8 Å². The van der Waals surface area contributed by atoms with E-state index in [9.17, 15) is 4.79 Å². The molecule has 2 N–H and O–H groups in total. The van der Waals surface area contributed by atoms with Gasteiger partial charge in [-0.05, 0) is 68.4 Å². The molecular formula is C27H34N4O4. The van der Waals surface area contributed by atoms with E-state index in [4.69, 9.17) is 13.9 Å². The number of methoxy groups -OCH3 is 1. The monoisotopic (exact) mass is 478 g/mol. The highest BCUT2D eigenvalue weighted by atomic mass is 16.5. The maximum Gasteiger partial charge on any atom is 0.295 e. The molecule has 5 rings (SSSR count). The largest absolute Gasteiger partial charge is 0.493 e. The Morgan fingerprint density at radius 2 is 1.97 bits per heavy atom. The van der Waals surface area contributed by atoms with Crippen LogP contribution >= 0.6 is 0 Å². The van der Waals surface area contributed by atoms with Gasteiger partial charge < -0.3 is 24.5 Å². The number of hydrogen-bond donors (Lipinski definition) is 2. The van der Waals surface area contributed by atoms with E-state index in [1.165, 1.54) is 18.4 Å². The van der Waals surface area contributed by atoms with Crippen molar-refractivity contribution in [2.45, 2.75) is 45.2 Å². The first-order valence-electron chi connectivity index (χ1n) is 12.6. The fraction of sp³-hybridized carbons (Fsp3) is 0.481. The normalized spacial score (nSPS) is 16.9. The van der Waals surface area contributed by atoms with E-state index in [0.717, 1.165) is 50.5 Å². The van der Waals surface area contributed by atoms with Crippen LogP contribution in [-0.4, -0.2) is 55.2 Å². The maximum atomic E-state index is 12.6. The Bertz CT molecular complexity index is 1170. The summed E-state index contributed by atoms with van der Waals surface area (Å²) < 4.78 is 17.1. The van der Waals surface area contributed by atoms with Crippen LogP contribution in [0.25, 0.3) is 11.1 Å². The van der Waals surface area contributed by atoms with Gasteiger partial charge in [0.15, 0.2) is 17.1 Å². The smallest absolute Gasteiger partial charge is 0.295 e. The number of anilines is 1. The number of likely N-dealkylation sites (tertiary alicyclic amines) is 1. The van der Waals surface area contributed by atoms with E-state index >= 15 is 0 Å². The summed E-state index contributed by atoms with van der Waals surface area (Å²) in [5.74, 6) is 2.10. The van der Waals surface area contributed by atoms with Crippen molar-refractivity contribution >= 4 is 23.0 Å². The molecule has 1 amide bonds. The van der Waals surface area contributed by atoms with E-state index in [1.54, 1.807) is 13.2 Å². The lowest BCUT2D eigenvalue weighted by Gasteiger charge is -2.32. The number of ether oxygens (including phenoxy) is 2. The van der Waals surface area contributed by atoms with E-state index < -0.39 is 0 Å². The molecule has 3 aromatic rings. The average Bonchev–Trinajstić information content (AvgIpc) is 3.61. The molecule has 0 bridgehead atoms. The molecule has 1 aromatic heterocycles. The summed E-state index contributed by atoms with van der Waals surface area (Å²) in [4.78, 5) is 19.7. The van der Waals surface area contributed by atoms with Crippen LogP contribution in [0.3, 0.4) is 0 Å². The summed E-state index contributed by atoms with van der Waals surface area (Å²) in [6.45, 7) is 6.14. The highest BCUT2D eigenvalue weighted by molar-refractivity contribution is 6.04. The summed E-state index contributed by atoms with van der Waals surface area (Å²) in [5, 5.41) is 6.47. The Hall–Kier alpha value is -3.26. The third-order valence-electron chi connectivity index (χ3n) is 6.76. The first-order chi connectivity index (χ1) is 17.1. The van der Waals surface area contributed by atoms with Crippen LogP contribution < -0.4 is 20.1 Å². The van der Waals surface area contributed by atoms with Crippen LogP contribution in [0.2, 0.25) is 0 Å². The lowest BCUT2D eigenvalue weighted by Crippen LogP contribution is -2.38. The minimum absolute atomic E-state index is 0.0930. The van der Waals surface area contributed by atoms with Crippen molar-refractivity contribution in [3.05, 3.63) is 47.5 Å². The number of hydrogen-bond acceptors (Lipinski definition) is 7. The van der Waals surface area contributed by atoms with Gasteiger partial charge in [-0.25, -0.2) is 0 Å². The average molecular weight is 479 g/mol. The fourth-order valence-corrected chi connectivity index (χ4v) is 4.60. The molecule has 35 heavy (non-hydrogen) atoms. The van der Waals surface area contributed by atoms with E-state index in [-0.39, 0.29) is 11.9 Å². The van der Waals surface area contributed by atoms with Crippen molar-refractivity contribution in [2.24, 2.45) is 5.92 Å². The Kier molecular flexibility index (Phi) is 7.08. The molecule has 2 heterocycles. The van der Waals surface area contributed by atoms with Crippen molar-refractivity contribution in [3.8, 4) is 11.5 Å². The number of aromatic nitrogens is 1. The number of nitrogens with one attached hydrogen (secondary N) is 2. The Labute approximate surface area is 206 Å². The fourth-order valence-electron chi connectivity index (χ4n) is 4.60. The van der Waals surface area contributed by atoms with Crippen LogP contribution in [0.1, 0.15) is 48.5 Å². The van der Waals surface area contributed by atoms with Crippen molar-refractivity contribution < 1.29 is 18.7 Å². The third kappa shape index (κ3) is 5.70. The van der Waals surface area contributed by atoms with Gasteiger partial charge in [-0.15, -0.1) is 0 Å². The first-order valence-corrected chi connectivity index (χ1v) is 12.6. The molecule has 1 saturated carbocycles. The van der Waals surface area contributed by atoms with Crippen molar-refractivity contribution in [2.75, 3.05) is 38.7 Å². The highest BCUT2D eigenvalue weighted by Gasteiger charge is 2.24. The van der Waals surface area contributed by atoms with Crippen LogP contribution in [-0.2, 0) is 6.54 Å². The molecule has 0 atom stereocenters. The van der Waals surface area contributed by atoms with Gasteiger partial charge in [-0.3, -0.25) is 9.69 Å². The topological polar surface area (TPSA) is 88.9 Å². The number of fused-ring (bicyclic) bond motifs is 1. The molecule has 8 nitrogen and oxygen atoms in total. The number of benzene rings is 2. The molecule has 2 aliphatic rings. The molecule has 1 aliphatic carbocycles. The second-order valence-electron chi connectivity index (χ2n) is 9.44. The van der Waals surface area contributed by atoms with Gasteiger partial charge in [0.25, 0.3) is 11.9 Å². The number of piperidine rings is 1. The lowest BCUT2D eigenvalue weighted by molar-refractivity contribution is 0.0952. The maximum absolute atomic E-state index is 12.6. The zero-order valence-electron chi connectivity index (χ0n) is 20.5. The molecule has 1 aliphatic heterocycles. The molecule has 0 radical (unpaired) electrons. The van der Waals surface area contributed by atoms with Gasteiger partial charge in [0, 0.05) is 32.2 Å². The second kappa shape index (κ2) is 10.6. The third-order valence-corrected chi connectivity index (χ3v) is 6.76. The summed E-state index contributed by atoms with van der Waals surface area (Å²) >= 11 is 0. The number of nitrogens with zero attached hydrogens (tertiary/aromatic N) is 2. The molecule has 0 unspecified atom stereocenters. The number of rotatable bonds is 10. The van der Waals surface area contributed by atoms with Gasteiger partial charge in [0.2, 0.25) is 0 Å². The summed E-state index contributed by atoms with van der Waals surface area (Å²) in [6, 6.07) is 12.5. The van der Waals surface area contributed by atoms with Gasteiger partial charge in [-0.1, -0.05) is 12.1 Å². The van der Waals surface area contributed by atoms with Crippen LogP contribution in [0.5, 0.6) is 11.5 Å². The SMILES string of the molecule is CCOc1cc(CN2CCC(Nc3nc4cccc(C(=O)NCC5CC5)c4o3)CC2)ccc1OC. The van der Waals surface area contributed by atoms with Gasteiger partial charge in [0.1, 0.15) is 5.52 Å². The highest BCUT2D eigenvalue weighted by Crippen LogP contribution is 2.30. The predicted molar refractivity (Wildman–Crippen MR) is 135 cm³/mol. The van der Waals surface area contributed by atoms with E-state index in [1.807, 2.05) is 25.1 Å². The number of oxazole rings is 1. The van der Waals surface area contributed by atoms with Gasteiger partial charge in [-0.2, -0.15) is 4.98 Å². The Morgan fingerprint density at radius 1 is 1.14 bits per heavy atom. The number of amides is 1.